The predicted molar refractivity (Wildman–Crippen MR) is 71.5 cm³/mol. The van der Waals surface area contributed by atoms with Crippen molar-refractivity contribution in [3.05, 3.63) is 58.6 Å². The van der Waals surface area contributed by atoms with Crippen molar-refractivity contribution < 1.29 is 5.11 Å². The zero-order valence-electron chi connectivity index (χ0n) is 9.39. The molecule has 0 aliphatic rings. The summed E-state index contributed by atoms with van der Waals surface area (Å²) in [6, 6.07) is 12.7. The SMILES string of the molecule is Cc1ccc(N=Cc2ccccc2O)c(Cl)c1. The van der Waals surface area contributed by atoms with Crippen LogP contribution in [0.5, 0.6) is 5.75 Å². The molecule has 2 aromatic carbocycles. The van der Waals surface area contributed by atoms with Crippen molar-refractivity contribution in [2.24, 2.45) is 4.99 Å². The van der Waals surface area contributed by atoms with Crippen LogP contribution in [0.4, 0.5) is 5.69 Å². The molecule has 0 saturated carbocycles. The van der Waals surface area contributed by atoms with E-state index in [9.17, 15) is 5.11 Å². The molecule has 0 amide bonds. The highest BCUT2D eigenvalue weighted by Gasteiger charge is 1.99. The molecule has 2 nitrogen and oxygen atoms in total. The van der Waals surface area contributed by atoms with Crippen LogP contribution >= 0.6 is 11.6 Å². The number of phenolic OH excluding ortho intramolecular Hbond substituents is 1. The van der Waals surface area contributed by atoms with Crippen LogP contribution in [0.15, 0.2) is 47.5 Å². The van der Waals surface area contributed by atoms with E-state index in [1.165, 1.54) is 0 Å². The molecule has 86 valence electrons. The number of para-hydroxylation sites is 1. The van der Waals surface area contributed by atoms with E-state index < -0.39 is 0 Å². The van der Waals surface area contributed by atoms with Crippen LogP contribution in [-0.2, 0) is 0 Å². The lowest BCUT2D eigenvalue weighted by Crippen LogP contribution is -1.81. The summed E-state index contributed by atoms with van der Waals surface area (Å²) in [4.78, 5) is 4.26. The molecule has 17 heavy (non-hydrogen) atoms. The Morgan fingerprint density at radius 3 is 2.65 bits per heavy atom. The van der Waals surface area contributed by atoms with Gasteiger partial charge < -0.3 is 5.11 Å². The maximum absolute atomic E-state index is 9.58. The number of nitrogens with zero attached hydrogens (tertiary/aromatic N) is 1. The van der Waals surface area contributed by atoms with Gasteiger partial charge in [0.1, 0.15) is 5.75 Å². The molecule has 0 fully saturated rings. The van der Waals surface area contributed by atoms with Crippen molar-refractivity contribution in [2.75, 3.05) is 0 Å². The van der Waals surface area contributed by atoms with Gasteiger partial charge in [-0.2, -0.15) is 0 Å². The van der Waals surface area contributed by atoms with Gasteiger partial charge in [0.05, 0.1) is 10.7 Å². The lowest BCUT2D eigenvalue weighted by Gasteiger charge is -2.00. The Bertz CT molecular complexity index is 564. The third-order valence-corrected chi connectivity index (χ3v) is 2.69. The van der Waals surface area contributed by atoms with Crippen molar-refractivity contribution in [2.45, 2.75) is 6.92 Å². The average Bonchev–Trinajstić information content (AvgIpc) is 2.30. The molecule has 0 aromatic heterocycles. The summed E-state index contributed by atoms with van der Waals surface area (Å²) in [6.07, 6.45) is 1.60. The number of aryl methyl sites for hydroxylation is 1. The van der Waals surface area contributed by atoms with E-state index in [2.05, 4.69) is 4.99 Å². The van der Waals surface area contributed by atoms with Gasteiger partial charge in [0, 0.05) is 11.8 Å². The van der Waals surface area contributed by atoms with E-state index in [0.29, 0.717) is 16.3 Å². The van der Waals surface area contributed by atoms with Crippen molar-refractivity contribution in [3.8, 4) is 5.75 Å². The van der Waals surface area contributed by atoms with E-state index in [1.54, 1.807) is 24.4 Å². The van der Waals surface area contributed by atoms with Gasteiger partial charge in [-0.1, -0.05) is 29.8 Å². The van der Waals surface area contributed by atoms with Gasteiger partial charge in [-0.15, -0.1) is 0 Å². The second-order valence-electron chi connectivity index (χ2n) is 3.77. The minimum Gasteiger partial charge on any atom is -0.507 e. The van der Waals surface area contributed by atoms with Crippen molar-refractivity contribution >= 4 is 23.5 Å². The highest BCUT2D eigenvalue weighted by molar-refractivity contribution is 6.33. The summed E-state index contributed by atoms with van der Waals surface area (Å²) in [6.45, 7) is 1.97. The van der Waals surface area contributed by atoms with Crippen LogP contribution in [0.25, 0.3) is 0 Å². The third kappa shape index (κ3) is 2.86. The second-order valence-corrected chi connectivity index (χ2v) is 4.18. The lowest BCUT2D eigenvalue weighted by atomic mass is 10.2. The molecule has 0 radical (unpaired) electrons. The van der Waals surface area contributed by atoms with Gasteiger partial charge >= 0.3 is 0 Å². The number of aromatic hydroxyl groups is 1. The molecule has 1 N–H and O–H groups in total. The standard InChI is InChI=1S/C14H12ClNO/c1-10-6-7-13(12(15)8-10)16-9-11-4-2-3-5-14(11)17/h2-9,17H,1H3. The van der Waals surface area contributed by atoms with Crippen LogP contribution in [0.2, 0.25) is 5.02 Å². The van der Waals surface area contributed by atoms with Crippen LogP contribution < -0.4 is 0 Å². The Kier molecular flexibility index (Phi) is 3.45. The number of benzene rings is 2. The number of hydrogen-bond donors (Lipinski definition) is 1. The van der Waals surface area contributed by atoms with Crippen LogP contribution in [0, 0.1) is 6.92 Å². The molecule has 0 spiro atoms. The largest absolute Gasteiger partial charge is 0.507 e. The molecule has 0 unspecified atom stereocenters. The molecular weight excluding hydrogens is 234 g/mol. The molecule has 0 aliphatic carbocycles. The van der Waals surface area contributed by atoms with Crippen molar-refractivity contribution in [3.63, 3.8) is 0 Å². The van der Waals surface area contributed by atoms with E-state index in [4.69, 9.17) is 11.6 Å². The van der Waals surface area contributed by atoms with Crippen LogP contribution in [-0.4, -0.2) is 11.3 Å². The number of rotatable bonds is 2. The van der Waals surface area contributed by atoms with Gasteiger partial charge in [0.2, 0.25) is 0 Å². The highest BCUT2D eigenvalue weighted by atomic mass is 35.5. The van der Waals surface area contributed by atoms with Crippen LogP contribution in [0.1, 0.15) is 11.1 Å². The summed E-state index contributed by atoms with van der Waals surface area (Å²) < 4.78 is 0. The maximum atomic E-state index is 9.58. The van der Waals surface area contributed by atoms with Crippen molar-refractivity contribution in [1.29, 1.82) is 0 Å². The molecule has 0 aliphatic heterocycles. The number of phenols is 1. The van der Waals surface area contributed by atoms with E-state index >= 15 is 0 Å². The monoisotopic (exact) mass is 245 g/mol. The first kappa shape index (κ1) is 11.7. The minimum atomic E-state index is 0.208. The predicted octanol–water partition coefficient (Wildman–Crippen LogP) is 4.10. The second kappa shape index (κ2) is 5.02. The molecular formula is C14H12ClNO. The first-order valence-electron chi connectivity index (χ1n) is 5.25. The Morgan fingerprint density at radius 2 is 1.94 bits per heavy atom. The maximum Gasteiger partial charge on any atom is 0.124 e. The fourth-order valence-corrected chi connectivity index (χ4v) is 1.74. The molecule has 0 saturated heterocycles. The number of hydrogen-bond acceptors (Lipinski definition) is 2. The van der Waals surface area contributed by atoms with E-state index in [0.717, 1.165) is 5.56 Å². The number of halogens is 1. The first-order chi connectivity index (χ1) is 8.16. The Balaban J connectivity index is 2.29. The summed E-state index contributed by atoms with van der Waals surface area (Å²) in [5.41, 5.74) is 2.46. The minimum absolute atomic E-state index is 0.208. The molecule has 0 bridgehead atoms. The van der Waals surface area contributed by atoms with E-state index in [1.807, 2.05) is 31.2 Å². The van der Waals surface area contributed by atoms with Gasteiger partial charge in [-0.3, -0.25) is 4.99 Å². The van der Waals surface area contributed by atoms with Gasteiger partial charge in [-0.05, 0) is 36.8 Å². The highest BCUT2D eigenvalue weighted by Crippen LogP contribution is 2.26. The van der Waals surface area contributed by atoms with Crippen LogP contribution in [0.3, 0.4) is 0 Å². The lowest BCUT2D eigenvalue weighted by molar-refractivity contribution is 0.474. The Morgan fingerprint density at radius 1 is 1.18 bits per heavy atom. The first-order valence-corrected chi connectivity index (χ1v) is 5.63. The Labute approximate surface area is 105 Å². The number of aliphatic imine (C=N–C) groups is 1. The summed E-state index contributed by atoms with van der Waals surface area (Å²) >= 11 is 6.06. The quantitative estimate of drug-likeness (QED) is 0.794. The summed E-state index contributed by atoms with van der Waals surface area (Å²) in [5.74, 6) is 0.208. The normalized spacial score (nSPS) is 10.9. The molecule has 3 heteroatoms. The average molecular weight is 246 g/mol. The zero-order chi connectivity index (χ0) is 12.3. The van der Waals surface area contributed by atoms with Gasteiger partial charge in [0.15, 0.2) is 0 Å². The van der Waals surface area contributed by atoms with E-state index in [-0.39, 0.29) is 5.75 Å². The molecule has 2 aromatic rings. The molecule has 2 rings (SSSR count). The fourth-order valence-electron chi connectivity index (χ4n) is 1.45. The summed E-state index contributed by atoms with van der Waals surface area (Å²) in [7, 11) is 0. The zero-order valence-corrected chi connectivity index (χ0v) is 10.1. The Hall–Kier alpha value is -1.80. The van der Waals surface area contributed by atoms with Gasteiger partial charge in [-0.25, -0.2) is 0 Å². The van der Waals surface area contributed by atoms with Crippen molar-refractivity contribution in [1.82, 2.24) is 0 Å². The molecule has 0 heterocycles. The third-order valence-electron chi connectivity index (χ3n) is 2.38. The smallest absolute Gasteiger partial charge is 0.124 e. The topological polar surface area (TPSA) is 32.6 Å². The summed E-state index contributed by atoms with van der Waals surface area (Å²) in [5, 5.41) is 10.2. The molecule has 0 atom stereocenters. The fraction of sp³-hybridized carbons (Fsp3) is 0.0714. The van der Waals surface area contributed by atoms with Gasteiger partial charge in [0.25, 0.3) is 0 Å².